The number of Topliss-reactive ketones (excluding diaryl/α,β-unsaturated/α-hetero) is 1. The third kappa shape index (κ3) is 1.83. The summed E-state index contributed by atoms with van der Waals surface area (Å²) in [4.78, 5) is 25.8. The number of nitriles is 1. The zero-order chi connectivity index (χ0) is 12.7. The van der Waals surface area contributed by atoms with E-state index in [2.05, 4.69) is 5.32 Å². The van der Waals surface area contributed by atoms with E-state index in [4.69, 9.17) is 5.26 Å². The van der Waals surface area contributed by atoms with Gasteiger partial charge in [0.1, 0.15) is 6.42 Å². The normalized spacial score (nSPS) is 36.5. The van der Waals surface area contributed by atoms with Crippen molar-refractivity contribution in [2.24, 2.45) is 10.8 Å². The standard InChI is InChI=1S/C12H17N3O2/c1-11-5-14-6-12(2,10(11)17)8-15(7-11)9(16)3-4-13/h14H,3,5-8H2,1-2H3/t11-,12-/m1/s1. The van der Waals surface area contributed by atoms with Crippen LogP contribution >= 0.6 is 0 Å². The quantitative estimate of drug-likeness (QED) is 0.690. The van der Waals surface area contributed by atoms with Gasteiger partial charge in [0.25, 0.3) is 0 Å². The molecule has 0 spiro atoms. The second-order valence-electron chi connectivity index (χ2n) is 5.64. The molecule has 92 valence electrons. The maximum absolute atomic E-state index is 12.3. The van der Waals surface area contributed by atoms with E-state index >= 15 is 0 Å². The molecule has 0 aromatic heterocycles. The minimum atomic E-state index is -0.504. The smallest absolute Gasteiger partial charge is 0.236 e. The number of rotatable bonds is 1. The number of ketones is 1. The van der Waals surface area contributed by atoms with Crippen molar-refractivity contribution in [2.45, 2.75) is 20.3 Å². The minimum absolute atomic E-state index is 0.103. The zero-order valence-electron chi connectivity index (χ0n) is 10.2. The first-order valence-corrected chi connectivity index (χ1v) is 5.82. The first-order valence-electron chi connectivity index (χ1n) is 5.82. The first kappa shape index (κ1) is 12.1. The SMILES string of the molecule is C[C@@]12CNC[C@](C)(CN(C(=O)CC#N)C1)C2=O. The van der Waals surface area contributed by atoms with Crippen LogP contribution in [0.3, 0.4) is 0 Å². The van der Waals surface area contributed by atoms with E-state index in [1.54, 1.807) is 4.90 Å². The van der Waals surface area contributed by atoms with Gasteiger partial charge < -0.3 is 10.2 Å². The molecule has 1 N–H and O–H groups in total. The number of nitrogens with zero attached hydrogens (tertiary/aromatic N) is 2. The number of fused-ring (bicyclic) bond motifs is 2. The van der Waals surface area contributed by atoms with Gasteiger partial charge in [-0.2, -0.15) is 5.26 Å². The van der Waals surface area contributed by atoms with Crippen LogP contribution in [0.4, 0.5) is 0 Å². The van der Waals surface area contributed by atoms with Crippen LogP contribution < -0.4 is 5.32 Å². The molecule has 0 aliphatic carbocycles. The summed E-state index contributed by atoms with van der Waals surface area (Å²) >= 11 is 0. The monoisotopic (exact) mass is 235 g/mol. The molecule has 1 amide bonds. The summed E-state index contributed by atoms with van der Waals surface area (Å²) in [5.74, 6) is 0.0732. The van der Waals surface area contributed by atoms with E-state index < -0.39 is 10.8 Å². The zero-order valence-corrected chi connectivity index (χ0v) is 10.2. The summed E-state index contributed by atoms with van der Waals surface area (Å²) in [6.07, 6.45) is -0.103. The van der Waals surface area contributed by atoms with Gasteiger partial charge in [0.2, 0.25) is 5.91 Å². The van der Waals surface area contributed by atoms with Crippen molar-refractivity contribution < 1.29 is 9.59 Å². The van der Waals surface area contributed by atoms with Gasteiger partial charge in [-0.15, -0.1) is 0 Å². The lowest BCUT2D eigenvalue weighted by atomic mass is 9.65. The van der Waals surface area contributed by atoms with Crippen molar-refractivity contribution >= 4 is 11.7 Å². The fraction of sp³-hybridized carbons (Fsp3) is 0.750. The maximum Gasteiger partial charge on any atom is 0.236 e. The van der Waals surface area contributed by atoms with Crippen molar-refractivity contribution in [3.63, 3.8) is 0 Å². The molecule has 2 saturated heterocycles. The second kappa shape index (κ2) is 3.81. The van der Waals surface area contributed by atoms with E-state index in [0.717, 1.165) is 0 Å². The Kier molecular flexibility index (Phi) is 2.70. The highest BCUT2D eigenvalue weighted by molar-refractivity contribution is 5.94. The number of hydrogen-bond donors (Lipinski definition) is 1. The van der Waals surface area contributed by atoms with Crippen LogP contribution in [0.1, 0.15) is 20.3 Å². The molecule has 0 aromatic carbocycles. The van der Waals surface area contributed by atoms with Crippen LogP contribution in [-0.2, 0) is 9.59 Å². The highest BCUT2D eigenvalue weighted by Gasteiger charge is 2.54. The molecule has 5 nitrogen and oxygen atoms in total. The van der Waals surface area contributed by atoms with E-state index in [0.29, 0.717) is 26.2 Å². The Balaban J connectivity index is 2.25. The van der Waals surface area contributed by atoms with Crippen molar-refractivity contribution in [3.8, 4) is 6.07 Å². The van der Waals surface area contributed by atoms with Gasteiger partial charge in [-0.3, -0.25) is 9.59 Å². The largest absolute Gasteiger partial charge is 0.340 e. The third-order valence-corrected chi connectivity index (χ3v) is 3.79. The van der Waals surface area contributed by atoms with Crippen LogP contribution in [0.5, 0.6) is 0 Å². The van der Waals surface area contributed by atoms with Crippen LogP contribution in [-0.4, -0.2) is 42.8 Å². The number of nitrogens with one attached hydrogen (secondary N) is 1. The molecule has 2 aliphatic rings. The minimum Gasteiger partial charge on any atom is -0.340 e. The van der Waals surface area contributed by atoms with Gasteiger partial charge in [0.15, 0.2) is 5.78 Å². The molecule has 0 unspecified atom stereocenters. The summed E-state index contributed by atoms with van der Waals surface area (Å²) in [7, 11) is 0. The average molecular weight is 235 g/mol. The Morgan fingerprint density at radius 3 is 2.41 bits per heavy atom. The molecule has 5 heteroatoms. The van der Waals surface area contributed by atoms with E-state index in [1.807, 2.05) is 19.9 Å². The topological polar surface area (TPSA) is 73.2 Å². The van der Waals surface area contributed by atoms with Crippen LogP contribution in [0.25, 0.3) is 0 Å². The Bertz CT molecular complexity index is 392. The van der Waals surface area contributed by atoms with Gasteiger partial charge in [0.05, 0.1) is 16.9 Å². The predicted molar refractivity (Wildman–Crippen MR) is 60.9 cm³/mol. The molecule has 2 heterocycles. The lowest BCUT2D eigenvalue weighted by Gasteiger charge is -2.51. The van der Waals surface area contributed by atoms with Gasteiger partial charge in [-0.05, 0) is 13.8 Å². The average Bonchev–Trinajstić information content (AvgIpc) is 2.23. The molecule has 2 bridgehead atoms. The fourth-order valence-electron chi connectivity index (χ4n) is 3.01. The van der Waals surface area contributed by atoms with Gasteiger partial charge in [0, 0.05) is 26.2 Å². The summed E-state index contributed by atoms with van der Waals surface area (Å²) in [5, 5.41) is 11.8. The molecule has 2 fully saturated rings. The highest BCUT2D eigenvalue weighted by Crippen LogP contribution is 2.39. The predicted octanol–water partition coefficient (Wildman–Crippen LogP) is -0.0728. The number of piperidine rings is 2. The summed E-state index contributed by atoms with van der Waals surface area (Å²) in [6, 6.07) is 1.87. The van der Waals surface area contributed by atoms with E-state index in [9.17, 15) is 9.59 Å². The fourth-order valence-corrected chi connectivity index (χ4v) is 3.01. The Hall–Kier alpha value is -1.41. The number of hydrogen-bond acceptors (Lipinski definition) is 4. The lowest BCUT2D eigenvalue weighted by Crippen LogP contribution is -2.68. The molecular weight excluding hydrogens is 218 g/mol. The number of carbonyl (C=O) groups is 2. The van der Waals surface area contributed by atoms with Crippen molar-refractivity contribution in [1.82, 2.24) is 10.2 Å². The molecule has 0 saturated carbocycles. The second-order valence-corrected chi connectivity index (χ2v) is 5.64. The van der Waals surface area contributed by atoms with Crippen molar-refractivity contribution in [3.05, 3.63) is 0 Å². The molecule has 2 atom stereocenters. The van der Waals surface area contributed by atoms with E-state index in [-0.39, 0.29) is 18.1 Å². The number of amides is 1. The van der Waals surface area contributed by atoms with Crippen molar-refractivity contribution in [1.29, 1.82) is 5.26 Å². The molecule has 17 heavy (non-hydrogen) atoms. The van der Waals surface area contributed by atoms with E-state index in [1.165, 1.54) is 0 Å². The molecule has 2 aliphatic heterocycles. The summed E-state index contributed by atoms with van der Waals surface area (Å²) in [5.41, 5.74) is -1.01. The first-order chi connectivity index (χ1) is 7.91. The Morgan fingerprint density at radius 1 is 1.41 bits per heavy atom. The number of carbonyl (C=O) groups excluding carboxylic acids is 2. The maximum atomic E-state index is 12.3. The molecule has 0 radical (unpaired) electrons. The van der Waals surface area contributed by atoms with Gasteiger partial charge in [-0.25, -0.2) is 0 Å². The van der Waals surface area contributed by atoms with Gasteiger partial charge in [-0.1, -0.05) is 0 Å². The van der Waals surface area contributed by atoms with Gasteiger partial charge >= 0.3 is 0 Å². The lowest BCUT2D eigenvalue weighted by molar-refractivity contribution is -0.155. The third-order valence-electron chi connectivity index (χ3n) is 3.79. The molecular formula is C12H17N3O2. The highest BCUT2D eigenvalue weighted by atomic mass is 16.2. The van der Waals surface area contributed by atoms with Crippen LogP contribution in [0, 0.1) is 22.2 Å². The Labute approximate surface area is 101 Å². The number of likely N-dealkylation sites (tertiary alicyclic amines) is 1. The van der Waals surface area contributed by atoms with Crippen LogP contribution in [0.15, 0.2) is 0 Å². The summed E-state index contributed by atoms with van der Waals surface area (Å²) in [6.45, 7) is 5.86. The van der Waals surface area contributed by atoms with Crippen LogP contribution in [0.2, 0.25) is 0 Å². The Morgan fingerprint density at radius 2 is 1.94 bits per heavy atom. The molecule has 2 rings (SSSR count). The summed E-state index contributed by atoms with van der Waals surface area (Å²) < 4.78 is 0. The van der Waals surface area contributed by atoms with Crippen molar-refractivity contribution in [2.75, 3.05) is 26.2 Å². The molecule has 0 aromatic rings.